The summed E-state index contributed by atoms with van der Waals surface area (Å²) < 4.78 is 9.33. The van der Waals surface area contributed by atoms with Gasteiger partial charge in [0.15, 0.2) is 0 Å². The molecule has 0 saturated heterocycles. The van der Waals surface area contributed by atoms with Gasteiger partial charge >= 0.3 is 83.0 Å². The Morgan fingerprint density at radius 1 is 0.500 bits per heavy atom. The Morgan fingerprint density at radius 2 is 0.795 bits per heavy atom. The van der Waals surface area contributed by atoms with Crippen molar-refractivity contribution < 1.29 is 108 Å². The largest absolute Gasteiger partial charge is 1.00 e. The number of carboxylic acid groups (broad SMARTS) is 2. The first-order valence-electron chi connectivity index (χ1n) is 14.2. The van der Waals surface area contributed by atoms with Gasteiger partial charge in [0.25, 0.3) is 0 Å². The number of unbranched alkanes of at least 4 members (excludes halogenated alkanes) is 8. The number of ether oxygens (including phenoxy) is 2. The monoisotopic (exact) mass is 628 g/mol. The summed E-state index contributed by atoms with van der Waals surface area (Å²) in [6.45, 7) is 4.20. The van der Waals surface area contributed by atoms with Crippen molar-refractivity contribution in [3.05, 3.63) is 70.8 Å². The molecule has 228 valence electrons. The molecule has 0 amide bonds. The van der Waals surface area contributed by atoms with E-state index in [1.165, 1.54) is 48.5 Å². The van der Waals surface area contributed by atoms with E-state index in [4.69, 9.17) is 0 Å². The van der Waals surface area contributed by atoms with E-state index in [0.717, 1.165) is 51.4 Å². The normalized spacial score (nSPS) is 9.68. The van der Waals surface area contributed by atoms with Crippen LogP contribution in [0.4, 0.5) is 0 Å². The zero-order valence-corrected chi connectivity index (χ0v) is 30.2. The van der Waals surface area contributed by atoms with Crippen LogP contribution in [0.25, 0.3) is 0 Å². The number of hydrogen-bond donors (Lipinski definition) is 0. The number of rotatable bonds is 16. The number of esters is 4. The van der Waals surface area contributed by atoms with Gasteiger partial charge in [0.2, 0.25) is 0 Å². The molecule has 0 spiro atoms. The third-order valence-corrected chi connectivity index (χ3v) is 6.12. The SMILES string of the molecule is CCCCCCCC(=O)OC(=O)c1ccccc1C(=O)[O-].CCCCCCCC(=O)OC(=O)c1ccccc1C(=O)[O-].[Na+].[Na+]. The molecule has 12 heteroatoms. The standard InChI is InChI=1S/2C16H20O5.2Na/c2*1-2-3-4-5-6-11-14(17)21-16(20)13-10-8-7-9-12(13)15(18)19;;/h2*7-10H,2-6,11H2,1H3,(H,18,19);;/q;;2*+1/p-2. The molecule has 2 aromatic carbocycles. The van der Waals surface area contributed by atoms with Gasteiger partial charge in [-0.3, -0.25) is 9.59 Å². The van der Waals surface area contributed by atoms with E-state index in [-0.39, 0.29) is 94.2 Å². The van der Waals surface area contributed by atoms with Crippen LogP contribution in [0.2, 0.25) is 0 Å². The first-order chi connectivity index (χ1) is 20.1. The van der Waals surface area contributed by atoms with E-state index in [1.54, 1.807) is 0 Å². The fourth-order valence-corrected chi connectivity index (χ4v) is 3.84. The van der Waals surface area contributed by atoms with Gasteiger partial charge in [-0.1, -0.05) is 102 Å². The Labute approximate surface area is 302 Å². The van der Waals surface area contributed by atoms with Crippen molar-refractivity contribution >= 4 is 35.8 Å². The van der Waals surface area contributed by atoms with Crippen molar-refractivity contribution in [3.63, 3.8) is 0 Å². The van der Waals surface area contributed by atoms with Gasteiger partial charge < -0.3 is 29.3 Å². The number of aromatic carboxylic acids is 2. The summed E-state index contributed by atoms with van der Waals surface area (Å²) >= 11 is 0. The van der Waals surface area contributed by atoms with Crippen molar-refractivity contribution in [2.75, 3.05) is 0 Å². The Bertz CT molecular complexity index is 1120. The second kappa shape index (κ2) is 25.9. The van der Waals surface area contributed by atoms with Gasteiger partial charge in [-0.2, -0.15) is 0 Å². The summed E-state index contributed by atoms with van der Waals surface area (Å²) in [7, 11) is 0. The minimum absolute atomic E-state index is 0. The van der Waals surface area contributed by atoms with Crippen molar-refractivity contribution in [2.45, 2.75) is 90.9 Å². The van der Waals surface area contributed by atoms with Gasteiger partial charge in [-0.15, -0.1) is 0 Å². The maximum atomic E-state index is 11.8. The molecule has 2 aromatic rings. The van der Waals surface area contributed by atoms with Crippen LogP contribution in [0.15, 0.2) is 48.5 Å². The molecule has 0 aromatic heterocycles. The van der Waals surface area contributed by atoms with E-state index in [9.17, 15) is 39.0 Å². The van der Waals surface area contributed by atoms with Crippen LogP contribution in [0.5, 0.6) is 0 Å². The number of benzene rings is 2. The fraction of sp³-hybridized carbons (Fsp3) is 0.438. The molecular weight excluding hydrogens is 590 g/mol. The molecule has 0 radical (unpaired) electrons. The molecule has 0 aliphatic rings. The first kappa shape index (κ1) is 43.8. The van der Waals surface area contributed by atoms with Crippen LogP contribution >= 0.6 is 0 Å². The predicted octanol–water partition coefficient (Wildman–Crippen LogP) is -1.80. The van der Waals surface area contributed by atoms with E-state index >= 15 is 0 Å². The van der Waals surface area contributed by atoms with E-state index in [2.05, 4.69) is 23.3 Å². The molecule has 10 nitrogen and oxygen atoms in total. The Balaban J connectivity index is 0. The summed E-state index contributed by atoms with van der Waals surface area (Å²) in [6.07, 6.45) is 10.0. The van der Waals surface area contributed by atoms with Crippen LogP contribution in [-0.2, 0) is 19.1 Å². The van der Waals surface area contributed by atoms with Gasteiger partial charge in [0, 0.05) is 24.0 Å². The maximum Gasteiger partial charge on any atom is 1.00 e. The second-order valence-electron chi connectivity index (χ2n) is 9.52. The minimum atomic E-state index is -1.48. The summed E-state index contributed by atoms with van der Waals surface area (Å²) in [5.41, 5.74) is -0.898. The van der Waals surface area contributed by atoms with Crippen LogP contribution in [0.1, 0.15) is 132 Å². The molecule has 0 atom stereocenters. The number of carbonyl (C=O) groups is 6. The van der Waals surface area contributed by atoms with Crippen molar-refractivity contribution in [3.8, 4) is 0 Å². The van der Waals surface area contributed by atoms with Crippen LogP contribution < -0.4 is 69.3 Å². The second-order valence-corrected chi connectivity index (χ2v) is 9.52. The average Bonchev–Trinajstić information content (AvgIpc) is 2.97. The van der Waals surface area contributed by atoms with E-state index < -0.39 is 35.8 Å². The van der Waals surface area contributed by atoms with Crippen LogP contribution in [0.3, 0.4) is 0 Å². The smallest absolute Gasteiger partial charge is 0.545 e. The molecule has 0 bridgehead atoms. The zero-order valence-electron chi connectivity index (χ0n) is 26.2. The average molecular weight is 629 g/mol. The Morgan fingerprint density at radius 3 is 1.09 bits per heavy atom. The van der Waals surface area contributed by atoms with Crippen molar-refractivity contribution in [2.24, 2.45) is 0 Å². The number of carboxylic acids is 2. The Kier molecular flexibility index (Phi) is 25.8. The summed E-state index contributed by atoms with van der Waals surface area (Å²) in [5.74, 6) is -6.12. The van der Waals surface area contributed by atoms with Crippen LogP contribution in [0, 0.1) is 0 Å². The first-order valence-corrected chi connectivity index (χ1v) is 14.2. The topological polar surface area (TPSA) is 167 Å². The van der Waals surface area contributed by atoms with Gasteiger partial charge in [-0.05, 0) is 25.0 Å². The van der Waals surface area contributed by atoms with Crippen molar-refractivity contribution in [1.29, 1.82) is 0 Å². The molecule has 44 heavy (non-hydrogen) atoms. The van der Waals surface area contributed by atoms with Gasteiger partial charge in [0.05, 0.1) is 23.1 Å². The summed E-state index contributed by atoms with van der Waals surface area (Å²) in [5, 5.41) is 21.8. The molecule has 2 rings (SSSR count). The zero-order chi connectivity index (χ0) is 31.3. The maximum absolute atomic E-state index is 11.8. The molecule has 0 heterocycles. The molecule has 0 aliphatic heterocycles. The Hall–Kier alpha value is -2.34. The van der Waals surface area contributed by atoms with E-state index in [1.807, 2.05) is 0 Å². The minimum Gasteiger partial charge on any atom is -0.545 e. The summed E-state index contributed by atoms with van der Waals surface area (Å²) in [4.78, 5) is 68.4. The number of carbonyl (C=O) groups excluding carboxylic acids is 6. The van der Waals surface area contributed by atoms with Crippen molar-refractivity contribution in [1.82, 2.24) is 0 Å². The van der Waals surface area contributed by atoms with Crippen LogP contribution in [-0.4, -0.2) is 35.8 Å². The van der Waals surface area contributed by atoms with Gasteiger partial charge in [0.1, 0.15) is 0 Å². The molecule has 0 N–H and O–H groups in total. The third kappa shape index (κ3) is 17.8. The quantitative estimate of drug-likeness (QED) is 0.0895. The summed E-state index contributed by atoms with van der Waals surface area (Å²) in [6, 6.07) is 11.0. The van der Waals surface area contributed by atoms with E-state index in [0.29, 0.717) is 12.8 Å². The molecule has 0 saturated carbocycles. The van der Waals surface area contributed by atoms with Gasteiger partial charge in [-0.25, -0.2) is 9.59 Å². The third-order valence-electron chi connectivity index (χ3n) is 6.12. The number of hydrogen-bond acceptors (Lipinski definition) is 10. The predicted molar refractivity (Wildman–Crippen MR) is 149 cm³/mol. The molecule has 0 aliphatic carbocycles. The molecular formula is C32H38Na2O10. The molecule has 0 fully saturated rings. The fourth-order valence-electron chi connectivity index (χ4n) is 3.84. The molecule has 0 unspecified atom stereocenters.